The fourth-order valence-electron chi connectivity index (χ4n) is 2.82. The standard InChI is InChI=1S/C17H27NO/c1-19-17-11-9-16(10-12-17)8-4-2-5-13-18-14-6-3-7-15-18/h9-12H,2-8,13-15H2,1H3. The number of rotatable bonds is 7. The van der Waals surface area contributed by atoms with Gasteiger partial charge in [-0.25, -0.2) is 0 Å². The van der Waals surface area contributed by atoms with Crippen molar-refractivity contribution in [1.82, 2.24) is 4.90 Å². The van der Waals surface area contributed by atoms with Crippen LogP contribution in [-0.2, 0) is 6.42 Å². The molecule has 0 aromatic heterocycles. The molecule has 2 heteroatoms. The third kappa shape index (κ3) is 5.23. The van der Waals surface area contributed by atoms with E-state index in [4.69, 9.17) is 4.74 Å². The van der Waals surface area contributed by atoms with Crippen molar-refractivity contribution >= 4 is 0 Å². The van der Waals surface area contributed by atoms with Gasteiger partial charge in [0.25, 0.3) is 0 Å². The minimum atomic E-state index is 0.953. The van der Waals surface area contributed by atoms with Crippen LogP contribution in [0, 0.1) is 0 Å². The van der Waals surface area contributed by atoms with Crippen LogP contribution in [0.25, 0.3) is 0 Å². The highest BCUT2D eigenvalue weighted by Gasteiger charge is 2.08. The highest BCUT2D eigenvalue weighted by molar-refractivity contribution is 5.27. The maximum absolute atomic E-state index is 5.17. The number of unbranched alkanes of at least 4 members (excludes halogenated alkanes) is 2. The van der Waals surface area contributed by atoms with Gasteiger partial charge in [-0.05, 0) is 69.4 Å². The Hall–Kier alpha value is -1.02. The summed E-state index contributed by atoms with van der Waals surface area (Å²) in [4.78, 5) is 2.64. The van der Waals surface area contributed by atoms with Crippen LogP contribution in [-0.4, -0.2) is 31.6 Å². The van der Waals surface area contributed by atoms with Gasteiger partial charge in [0.05, 0.1) is 7.11 Å². The molecule has 0 amide bonds. The number of ether oxygens (including phenoxy) is 1. The van der Waals surface area contributed by atoms with E-state index in [1.807, 2.05) is 0 Å². The molecular weight excluding hydrogens is 234 g/mol. The first kappa shape index (κ1) is 14.4. The first-order valence-electron chi connectivity index (χ1n) is 7.74. The Bertz CT molecular complexity index is 341. The predicted molar refractivity (Wildman–Crippen MR) is 80.8 cm³/mol. The van der Waals surface area contributed by atoms with E-state index in [9.17, 15) is 0 Å². The van der Waals surface area contributed by atoms with Gasteiger partial charge in [0.1, 0.15) is 5.75 Å². The second-order valence-corrected chi connectivity index (χ2v) is 5.56. The lowest BCUT2D eigenvalue weighted by atomic mass is 10.1. The van der Waals surface area contributed by atoms with Gasteiger partial charge in [0.2, 0.25) is 0 Å². The molecule has 1 saturated heterocycles. The lowest BCUT2D eigenvalue weighted by Gasteiger charge is -2.26. The monoisotopic (exact) mass is 261 g/mol. The lowest BCUT2D eigenvalue weighted by Crippen LogP contribution is -2.30. The second kappa shape index (κ2) is 8.21. The SMILES string of the molecule is COc1ccc(CCCCCN2CCCCC2)cc1. The summed E-state index contributed by atoms with van der Waals surface area (Å²) in [6.07, 6.45) is 9.47. The fourth-order valence-corrected chi connectivity index (χ4v) is 2.82. The molecule has 106 valence electrons. The molecule has 19 heavy (non-hydrogen) atoms. The van der Waals surface area contributed by atoms with Crippen molar-refractivity contribution in [3.63, 3.8) is 0 Å². The van der Waals surface area contributed by atoms with Crippen molar-refractivity contribution in [1.29, 1.82) is 0 Å². The molecule has 1 heterocycles. The van der Waals surface area contributed by atoms with Gasteiger partial charge in [-0.1, -0.05) is 25.0 Å². The topological polar surface area (TPSA) is 12.5 Å². The Morgan fingerprint density at radius 3 is 2.37 bits per heavy atom. The summed E-state index contributed by atoms with van der Waals surface area (Å²) in [5, 5.41) is 0. The highest BCUT2D eigenvalue weighted by Crippen LogP contribution is 2.14. The highest BCUT2D eigenvalue weighted by atomic mass is 16.5. The van der Waals surface area contributed by atoms with E-state index in [2.05, 4.69) is 29.2 Å². The Morgan fingerprint density at radius 1 is 0.947 bits per heavy atom. The van der Waals surface area contributed by atoms with Gasteiger partial charge in [-0.3, -0.25) is 0 Å². The van der Waals surface area contributed by atoms with Crippen LogP contribution in [0.3, 0.4) is 0 Å². The molecule has 1 aliphatic rings. The normalized spacial score (nSPS) is 16.5. The Labute approximate surface area is 117 Å². The van der Waals surface area contributed by atoms with Crippen molar-refractivity contribution in [3.05, 3.63) is 29.8 Å². The molecule has 0 spiro atoms. The molecule has 0 atom stereocenters. The Kier molecular flexibility index (Phi) is 6.22. The first-order chi connectivity index (χ1) is 9.38. The summed E-state index contributed by atoms with van der Waals surface area (Å²) in [6.45, 7) is 3.97. The average molecular weight is 261 g/mol. The molecule has 0 aliphatic carbocycles. The number of hydrogen-bond donors (Lipinski definition) is 0. The maximum Gasteiger partial charge on any atom is 0.118 e. The van der Waals surface area contributed by atoms with Crippen molar-refractivity contribution in [2.75, 3.05) is 26.7 Å². The Morgan fingerprint density at radius 2 is 1.68 bits per heavy atom. The van der Waals surface area contributed by atoms with Crippen LogP contribution in [0.2, 0.25) is 0 Å². The number of piperidine rings is 1. The number of aryl methyl sites for hydroxylation is 1. The lowest BCUT2D eigenvalue weighted by molar-refractivity contribution is 0.224. The van der Waals surface area contributed by atoms with Gasteiger partial charge in [-0.15, -0.1) is 0 Å². The van der Waals surface area contributed by atoms with Crippen LogP contribution < -0.4 is 4.74 Å². The van der Waals surface area contributed by atoms with E-state index in [0.29, 0.717) is 0 Å². The summed E-state index contributed by atoms with van der Waals surface area (Å²) >= 11 is 0. The van der Waals surface area contributed by atoms with E-state index in [1.165, 1.54) is 70.1 Å². The van der Waals surface area contributed by atoms with Gasteiger partial charge < -0.3 is 9.64 Å². The molecule has 1 fully saturated rings. The summed E-state index contributed by atoms with van der Waals surface area (Å²) in [5.41, 5.74) is 1.43. The molecule has 1 aliphatic heterocycles. The third-order valence-corrected chi connectivity index (χ3v) is 4.05. The van der Waals surface area contributed by atoms with Gasteiger partial charge >= 0.3 is 0 Å². The second-order valence-electron chi connectivity index (χ2n) is 5.56. The molecule has 0 radical (unpaired) electrons. The molecule has 2 rings (SSSR count). The van der Waals surface area contributed by atoms with Crippen LogP contribution in [0.15, 0.2) is 24.3 Å². The number of nitrogens with zero attached hydrogens (tertiary/aromatic N) is 1. The first-order valence-corrected chi connectivity index (χ1v) is 7.74. The van der Waals surface area contributed by atoms with E-state index in [1.54, 1.807) is 7.11 Å². The van der Waals surface area contributed by atoms with Gasteiger partial charge in [0, 0.05) is 0 Å². The molecule has 0 N–H and O–H groups in total. The molecule has 1 aromatic carbocycles. The predicted octanol–water partition coefficient (Wildman–Crippen LogP) is 3.89. The van der Waals surface area contributed by atoms with E-state index < -0.39 is 0 Å². The van der Waals surface area contributed by atoms with Gasteiger partial charge in [-0.2, -0.15) is 0 Å². The van der Waals surface area contributed by atoms with Crippen molar-refractivity contribution in [3.8, 4) is 5.75 Å². The summed E-state index contributed by atoms with van der Waals surface area (Å²) in [5.74, 6) is 0.953. The molecule has 2 nitrogen and oxygen atoms in total. The molecule has 0 bridgehead atoms. The number of methoxy groups -OCH3 is 1. The van der Waals surface area contributed by atoms with Crippen molar-refractivity contribution in [2.45, 2.75) is 44.9 Å². The van der Waals surface area contributed by atoms with E-state index in [0.717, 1.165) is 5.75 Å². The summed E-state index contributed by atoms with van der Waals surface area (Å²) in [6, 6.07) is 8.49. The van der Waals surface area contributed by atoms with Gasteiger partial charge in [0.15, 0.2) is 0 Å². The van der Waals surface area contributed by atoms with Crippen LogP contribution in [0.5, 0.6) is 5.75 Å². The number of hydrogen-bond acceptors (Lipinski definition) is 2. The Balaban J connectivity index is 1.55. The van der Waals surface area contributed by atoms with Crippen LogP contribution >= 0.6 is 0 Å². The van der Waals surface area contributed by atoms with Crippen molar-refractivity contribution in [2.24, 2.45) is 0 Å². The van der Waals surface area contributed by atoms with Crippen LogP contribution in [0.4, 0.5) is 0 Å². The zero-order valence-corrected chi connectivity index (χ0v) is 12.2. The summed E-state index contributed by atoms with van der Waals surface area (Å²) < 4.78 is 5.17. The van der Waals surface area contributed by atoms with E-state index in [-0.39, 0.29) is 0 Å². The zero-order chi connectivity index (χ0) is 13.3. The van der Waals surface area contributed by atoms with Crippen LogP contribution in [0.1, 0.15) is 44.1 Å². The maximum atomic E-state index is 5.17. The molecule has 0 unspecified atom stereocenters. The quantitative estimate of drug-likeness (QED) is 0.690. The average Bonchev–Trinajstić information content (AvgIpc) is 2.49. The summed E-state index contributed by atoms with van der Waals surface area (Å²) in [7, 11) is 1.72. The molecule has 1 aromatic rings. The smallest absolute Gasteiger partial charge is 0.118 e. The third-order valence-electron chi connectivity index (χ3n) is 4.05. The zero-order valence-electron chi connectivity index (χ0n) is 12.2. The fraction of sp³-hybridized carbons (Fsp3) is 0.647. The number of benzene rings is 1. The number of likely N-dealkylation sites (tertiary alicyclic amines) is 1. The minimum absolute atomic E-state index is 0.953. The largest absolute Gasteiger partial charge is 0.497 e. The van der Waals surface area contributed by atoms with E-state index >= 15 is 0 Å². The molecule has 0 saturated carbocycles. The minimum Gasteiger partial charge on any atom is -0.497 e. The molecular formula is C17H27NO. The van der Waals surface area contributed by atoms with Crippen molar-refractivity contribution < 1.29 is 4.74 Å².